The lowest BCUT2D eigenvalue weighted by Gasteiger charge is -2.13. The number of alkyl halides is 3. The number of aliphatic hydroxyl groups excluding tert-OH is 1. The Bertz CT molecular complexity index is 364. The van der Waals surface area contributed by atoms with Gasteiger partial charge in [-0.15, -0.1) is 0 Å². The van der Waals surface area contributed by atoms with Crippen LogP contribution in [-0.2, 0) is 0 Å². The third-order valence-electron chi connectivity index (χ3n) is 2.04. The molecule has 0 aliphatic heterocycles. The van der Waals surface area contributed by atoms with Crippen molar-refractivity contribution in [3.05, 3.63) is 34.6 Å². The van der Waals surface area contributed by atoms with Crippen molar-refractivity contribution in [2.45, 2.75) is 25.1 Å². The molecule has 0 bridgehead atoms. The van der Waals surface area contributed by atoms with Gasteiger partial charge in [-0.1, -0.05) is 23.7 Å². The average Bonchev–Trinajstić information content (AvgIpc) is 2.17. The van der Waals surface area contributed by atoms with E-state index in [0.717, 1.165) is 0 Å². The molecule has 0 radical (unpaired) electrons. The topological polar surface area (TPSA) is 20.2 Å². The van der Waals surface area contributed by atoms with Crippen LogP contribution in [0.2, 0.25) is 5.02 Å². The van der Waals surface area contributed by atoms with Crippen LogP contribution in [0.4, 0.5) is 17.6 Å². The predicted octanol–water partition coefficient (Wildman–Crippen LogP) is 3.86. The summed E-state index contributed by atoms with van der Waals surface area (Å²) in [5, 5.41) is 9.17. The lowest BCUT2D eigenvalue weighted by molar-refractivity contribution is -0.140. The lowest BCUT2D eigenvalue weighted by atomic mass is 10.0. The summed E-state index contributed by atoms with van der Waals surface area (Å²) in [5.74, 6) is -0.876. The molecule has 1 N–H and O–H groups in total. The SMILES string of the molecule is OC(CCC(F)(F)F)c1cccc(Cl)c1F. The molecule has 0 aliphatic carbocycles. The average molecular weight is 257 g/mol. The summed E-state index contributed by atoms with van der Waals surface area (Å²) < 4.78 is 48.9. The molecule has 1 atom stereocenters. The Morgan fingerprint density at radius 1 is 1.31 bits per heavy atom. The number of benzene rings is 1. The Labute approximate surface area is 94.7 Å². The summed E-state index contributed by atoms with van der Waals surface area (Å²) in [6, 6.07) is 3.84. The number of hydrogen-bond donors (Lipinski definition) is 1. The Morgan fingerprint density at radius 2 is 1.94 bits per heavy atom. The van der Waals surface area contributed by atoms with Gasteiger partial charge in [-0.05, 0) is 12.5 Å². The molecule has 0 saturated carbocycles. The van der Waals surface area contributed by atoms with Crippen molar-refractivity contribution < 1.29 is 22.7 Å². The second-order valence-corrected chi connectivity index (χ2v) is 3.72. The summed E-state index contributed by atoms with van der Waals surface area (Å²) >= 11 is 5.44. The second kappa shape index (κ2) is 5.01. The number of aliphatic hydroxyl groups is 1. The van der Waals surface area contributed by atoms with E-state index in [1.165, 1.54) is 18.2 Å². The lowest BCUT2D eigenvalue weighted by Crippen LogP contribution is -2.10. The Morgan fingerprint density at radius 3 is 2.50 bits per heavy atom. The highest BCUT2D eigenvalue weighted by atomic mass is 35.5. The quantitative estimate of drug-likeness (QED) is 0.815. The fraction of sp³-hybridized carbons (Fsp3) is 0.400. The minimum atomic E-state index is -4.37. The smallest absolute Gasteiger partial charge is 0.388 e. The number of rotatable bonds is 3. The summed E-state index contributed by atoms with van der Waals surface area (Å²) in [7, 11) is 0. The molecule has 1 rings (SSSR count). The second-order valence-electron chi connectivity index (χ2n) is 3.31. The Balaban J connectivity index is 2.73. The maximum absolute atomic E-state index is 13.3. The van der Waals surface area contributed by atoms with Gasteiger partial charge in [0.25, 0.3) is 0 Å². The molecule has 0 amide bonds. The van der Waals surface area contributed by atoms with E-state index in [9.17, 15) is 22.7 Å². The van der Waals surface area contributed by atoms with E-state index in [1.54, 1.807) is 0 Å². The van der Waals surface area contributed by atoms with E-state index in [4.69, 9.17) is 11.6 Å². The first-order chi connectivity index (χ1) is 7.31. The standard InChI is InChI=1S/C10H9ClF4O/c11-7-3-1-2-6(9(7)12)8(16)4-5-10(13,14)15/h1-3,8,16H,4-5H2. The molecule has 0 saturated heterocycles. The largest absolute Gasteiger partial charge is 0.389 e. The first-order valence-electron chi connectivity index (χ1n) is 4.50. The molecule has 0 heterocycles. The van der Waals surface area contributed by atoms with Gasteiger partial charge in [-0.25, -0.2) is 4.39 Å². The molecule has 1 aromatic carbocycles. The van der Waals surface area contributed by atoms with Crippen molar-refractivity contribution in [3.63, 3.8) is 0 Å². The zero-order valence-electron chi connectivity index (χ0n) is 8.06. The van der Waals surface area contributed by atoms with Crippen LogP contribution in [0.25, 0.3) is 0 Å². The van der Waals surface area contributed by atoms with Crippen molar-refractivity contribution in [1.82, 2.24) is 0 Å². The molecule has 0 aliphatic rings. The van der Waals surface area contributed by atoms with E-state index >= 15 is 0 Å². The number of hydrogen-bond acceptors (Lipinski definition) is 1. The van der Waals surface area contributed by atoms with E-state index in [-0.39, 0.29) is 10.6 Å². The number of halogens is 5. The third-order valence-corrected chi connectivity index (χ3v) is 2.33. The molecule has 0 aromatic heterocycles. The molecule has 1 nitrogen and oxygen atoms in total. The van der Waals surface area contributed by atoms with Crippen LogP contribution in [0, 0.1) is 5.82 Å². The van der Waals surface area contributed by atoms with Crippen molar-refractivity contribution in [1.29, 1.82) is 0 Å². The fourth-order valence-corrected chi connectivity index (χ4v) is 1.42. The minimum absolute atomic E-state index is 0.211. The van der Waals surface area contributed by atoms with E-state index in [0.29, 0.717) is 0 Å². The summed E-state index contributed by atoms with van der Waals surface area (Å²) in [5.41, 5.74) is -0.211. The van der Waals surface area contributed by atoms with Gasteiger partial charge < -0.3 is 5.11 Å². The maximum atomic E-state index is 13.3. The molecule has 16 heavy (non-hydrogen) atoms. The van der Waals surface area contributed by atoms with Gasteiger partial charge in [0, 0.05) is 12.0 Å². The van der Waals surface area contributed by atoms with Crippen LogP contribution < -0.4 is 0 Å². The third kappa shape index (κ3) is 3.64. The van der Waals surface area contributed by atoms with Crippen LogP contribution in [0.3, 0.4) is 0 Å². The fourth-order valence-electron chi connectivity index (χ4n) is 1.23. The summed E-state index contributed by atoms with van der Waals surface area (Å²) in [6.07, 6.45) is -7.61. The van der Waals surface area contributed by atoms with Gasteiger partial charge >= 0.3 is 6.18 Å². The maximum Gasteiger partial charge on any atom is 0.389 e. The molecule has 0 spiro atoms. The van der Waals surface area contributed by atoms with Crippen LogP contribution in [0.1, 0.15) is 24.5 Å². The van der Waals surface area contributed by atoms with Crippen molar-refractivity contribution in [3.8, 4) is 0 Å². The molecule has 90 valence electrons. The summed E-state index contributed by atoms with van der Waals surface area (Å²) in [6.45, 7) is 0. The van der Waals surface area contributed by atoms with Gasteiger partial charge in [0.2, 0.25) is 0 Å². The highest BCUT2D eigenvalue weighted by molar-refractivity contribution is 6.30. The molecule has 1 aromatic rings. The van der Waals surface area contributed by atoms with E-state index in [1.807, 2.05) is 0 Å². The van der Waals surface area contributed by atoms with Crippen LogP contribution in [-0.4, -0.2) is 11.3 Å². The van der Waals surface area contributed by atoms with Crippen LogP contribution in [0.5, 0.6) is 0 Å². The zero-order valence-corrected chi connectivity index (χ0v) is 8.82. The molecule has 1 unspecified atom stereocenters. The highest BCUT2D eigenvalue weighted by Crippen LogP contribution is 2.30. The van der Waals surface area contributed by atoms with Gasteiger partial charge in [-0.3, -0.25) is 0 Å². The zero-order chi connectivity index (χ0) is 12.3. The molecule has 0 fully saturated rings. The van der Waals surface area contributed by atoms with Gasteiger partial charge in [0.1, 0.15) is 5.82 Å². The predicted molar refractivity (Wildman–Crippen MR) is 51.7 cm³/mol. The van der Waals surface area contributed by atoms with Crippen molar-refractivity contribution >= 4 is 11.6 Å². The van der Waals surface area contributed by atoms with Gasteiger partial charge in [0.15, 0.2) is 0 Å². The summed E-state index contributed by atoms with van der Waals surface area (Å²) in [4.78, 5) is 0. The monoisotopic (exact) mass is 256 g/mol. The first kappa shape index (κ1) is 13.3. The van der Waals surface area contributed by atoms with Gasteiger partial charge in [-0.2, -0.15) is 13.2 Å². The van der Waals surface area contributed by atoms with Gasteiger partial charge in [0.05, 0.1) is 11.1 Å². The molecule has 6 heteroatoms. The Hall–Kier alpha value is -0.810. The van der Waals surface area contributed by atoms with E-state index in [2.05, 4.69) is 0 Å². The molecular formula is C10H9ClF4O. The normalized spacial score (nSPS) is 13.9. The van der Waals surface area contributed by atoms with Crippen molar-refractivity contribution in [2.75, 3.05) is 0 Å². The van der Waals surface area contributed by atoms with Crippen LogP contribution >= 0.6 is 11.6 Å². The first-order valence-corrected chi connectivity index (χ1v) is 4.88. The highest BCUT2D eigenvalue weighted by Gasteiger charge is 2.29. The van der Waals surface area contributed by atoms with Crippen molar-refractivity contribution in [2.24, 2.45) is 0 Å². The minimum Gasteiger partial charge on any atom is -0.388 e. The van der Waals surface area contributed by atoms with Crippen LogP contribution in [0.15, 0.2) is 18.2 Å². The Kier molecular flexibility index (Phi) is 4.15. The van der Waals surface area contributed by atoms with E-state index < -0.39 is 30.9 Å². The molecular weight excluding hydrogens is 248 g/mol.